The first-order chi connectivity index (χ1) is 12.0. The summed E-state index contributed by atoms with van der Waals surface area (Å²) < 4.78 is 0. The number of thiophene rings is 1. The van der Waals surface area contributed by atoms with E-state index in [2.05, 4.69) is 15.5 Å². The average Bonchev–Trinajstić information content (AvgIpc) is 3.00. The van der Waals surface area contributed by atoms with Gasteiger partial charge < -0.3 is 10.2 Å². The molecule has 7 heteroatoms. The Kier molecular flexibility index (Phi) is 4.11. The highest BCUT2D eigenvalue weighted by atomic mass is 32.1. The molecule has 6 nitrogen and oxygen atoms in total. The Morgan fingerprint density at radius 1 is 1.40 bits per heavy atom. The second-order valence-corrected chi connectivity index (χ2v) is 8.32. The molecular formula is C18H22N4O2S. The Balaban J connectivity index is 1.35. The van der Waals surface area contributed by atoms with Crippen molar-refractivity contribution in [2.24, 2.45) is 0 Å². The molecule has 1 saturated carbocycles. The molecule has 0 aromatic carbocycles. The number of nitrogens with one attached hydrogen (secondary N) is 2. The monoisotopic (exact) mass is 358 g/mol. The van der Waals surface area contributed by atoms with E-state index in [1.165, 1.54) is 16.9 Å². The highest BCUT2D eigenvalue weighted by molar-refractivity contribution is 7.14. The number of hydrogen-bond donors (Lipinski definition) is 2. The third-order valence-electron chi connectivity index (χ3n) is 5.08. The SMILES string of the molecule is CN(CC1(NC(=O)c2cc3c(s2)CCC3)CC1)C(=O)Cc1cn[nH]c1. The lowest BCUT2D eigenvalue weighted by molar-refractivity contribution is -0.129. The molecule has 2 N–H and O–H groups in total. The molecule has 2 heterocycles. The summed E-state index contributed by atoms with van der Waals surface area (Å²) in [5.41, 5.74) is 1.96. The summed E-state index contributed by atoms with van der Waals surface area (Å²) in [5, 5.41) is 9.76. The number of likely N-dealkylation sites (N-methyl/N-ethyl adjacent to an activating group) is 1. The summed E-state index contributed by atoms with van der Waals surface area (Å²) in [6, 6.07) is 2.05. The number of carbonyl (C=O) groups is 2. The molecule has 25 heavy (non-hydrogen) atoms. The molecule has 0 atom stereocenters. The van der Waals surface area contributed by atoms with Crippen molar-refractivity contribution < 1.29 is 9.59 Å². The summed E-state index contributed by atoms with van der Waals surface area (Å²) >= 11 is 1.62. The molecule has 0 unspecified atom stereocenters. The fourth-order valence-electron chi connectivity index (χ4n) is 3.44. The number of hydrogen-bond acceptors (Lipinski definition) is 4. The van der Waals surface area contributed by atoms with E-state index < -0.39 is 0 Å². The van der Waals surface area contributed by atoms with Crippen LogP contribution in [0.4, 0.5) is 0 Å². The molecule has 0 spiro atoms. The van der Waals surface area contributed by atoms with Crippen LogP contribution in [0.15, 0.2) is 18.5 Å². The minimum absolute atomic E-state index is 0.00702. The lowest BCUT2D eigenvalue weighted by Gasteiger charge is -2.24. The minimum Gasteiger partial charge on any atom is -0.344 e. The number of carbonyl (C=O) groups excluding carboxylic acids is 2. The van der Waals surface area contributed by atoms with Crippen molar-refractivity contribution >= 4 is 23.2 Å². The van der Waals surface area contributed by atoms with Gasteiger partial charge in [-0.3, -0.25) is 14.7 Å². The highest BCUT2D eigenvalue weighted by Gasteiger charge is 2.45. The summed E-state index contributed by atoms with van der Waals surface area (Å²) in [5.74, 6) is 0.0459. The number of fused-ring (bicyclic) bond motifs is 1. The van der Waals surface area contributed by atoms with E-state index in [-0.39, 0.29) is 17.4 Å². The first-order valence-corrected chi connectivity index (χ1v) is 9.52. The van der Waals surface area contributed by atoms with Gasteiger partial charge in [-0.2, -0.15) is 5.10 Å². The van der Waals surface area contributed by atoms with Gasteiger partial charge in [-0.1, -0.05) is 0 Å². The van der Waals surface area contributed by atoms with E-state index in [1.807, 2.05) is 6.07 Å². The number of amides is 2. The molecule has 2 aliphatic rings. The van der Waals surface area contributed by atoms with Crippen molar-refractivity contribution in [2.75, 3.05) is 13.6 Å². The van der Waals surface area contributed by atoms with Crippen LogP contribution < -0.4 is 5.32 Å². The van der Waals surface area contributed by atoms with E-state index in [0.717, 1.165) is 36.1 Å². The van der Waals surface area contributed by atoms with E-state index in [0.29, 0.717) is 13.0 Å². The molecule has 0 saturated heterocycles. The quantitative estimate of drug-likeness (QED) is 0.828. The molecule has 4 rings (SSSR count). The summed E-state index contributed by atoms with van der Waals surface area (Å²) in [6.45, 7) is 0.556. The van der Waals surface area contributed by atoms with E-state index in [9.17, 15) is 9.59 Å². The Bertz CT molecular complexity index is 771. The predicted octanol–water partition coefficient (Wildman–Crippen LogP) is 1.92. The van der Waals surface area contributed by atoms with Crippen LogP contribution in [0.2, 0.25) is 0 Å². The summed E-state index contributed by atoms with van der Waals surface area (Å²) in [4.78, 5) is 28.8. The smallest absolute Gasteiger partial charge is 0.261 e. The van der Waals surface area contributed by atoms with Gasteiger partial charge in [-0.15, -0.1) is 11.3 Å². The fourth-order valence-corrected chi connectivity index (χ4v) is 4.59. The zero-order valence-corrected chi connectivity index (χ0v) is 15.1. The maximum absolute atomic E-state index is 12.6. The molecule has 0 aliphatic heterocycles. The molecular weight excluding hydrogens is 336 g/mol. The molecule has 2 aromatic rings. The van der Waals surface area contributed by atoms with Crippen molar-refractivity contribution in [3.8, 4) is 0 Å². The van der Waals surface area contributed by atoms with Crippen molar-refractivity contribution in [3.05, 3.63) is 39.3 Å². The van der Waals surface area contributed by atoms with Gasteiger partial charge in [0.2, 0.25) is 5.91 Å². The van der Waals surface area contributed by atoms with Crippen LogP contribution in [0, 0.1) is 0 Å². The van der Waals surface area contributed by atoms with Crippen molar-refractivity contribution in [1.82, 2.24) is 20.4 Å². The zero-order valence-electron chi connectivity index (χ0n) is 14.3. The first kappa shape index (κ1) is 16.3. The maximum atomic E-state index is 12.6. The standard InChI is InChI=1S/C18H22N4O2S/c1-22(16(23)7-12-9-19-20-10-12)11-18(5-6-18)21-17(24)15-8-13-3-2-4-14(13)25-15/h8-10H,2-7,11H2,1H3,(H,19,20)(H,21,24). The van der Waals surface area contributed by atoms with Gasteiger partial charge in [0.15, 0.2) is 0 Å². The number of aromatic nitrogens is 2. The van der Waals surface area contributed by atoms with Gasteiger partial charge in [0.25, 0.3) is 5.91 Å². The van der Waals surface area contributed by atoms with Crippen molar-refractivity contribution in [1.29, 1.82) is 0 Å². The molecule has 2 aromatic heterocycles. The van der Waals surface area contributed by atoms with Gasteiger partial charge >= 0.3 is 0 Å². The van der Waals surface area contributed by atoms with Gasteiger partial charge in [0.1, 0.15) is 0 Å². The van der Waals surface area contributed by atoms with Crippen LogP contribution >= 0.6 is 11.3 Å². The zero-order chi connectivity index (χ0) is 17.4. The van der Waals surface area contributed by atoms with E-state index in [1.54, 1.807) is 35.7 Å². The average molecular weight is 358 g/mol. The van der Waals surface area contributed by atoms with Crippen molar-refractivity contribution in [2.45, 2.75) is 44.1 Å². The van der Waals surface area contributed by atoms with E-state index >= 15 is 0 Å². The molecule has 2 aliphatic carbocycles. The molecule has 2 amide bonds. The molecule has 0 bridgehead atoms. The van der Waals surface area contributed by atoms with Crippen LogP contribution in [0.1, 0.15) is 44.9 Å². The van der Waals surface area contributed by atoms with Crippen LogP contribution in [0.3, 0.4) is 0 Å². The van der Waals surface area contributed by atoms with Crippen LogP contribution in [-0.4, -0.2) is 46.0 Å². The number of H-pyrrole nitrogens is 1. The summed E-state index contributed by atoms with van der Waals surface area (Å²) in [6.07, 6.45) is 8.97. The first-order valence-electron chi connectivity index (χ1n) is 8.70. The molecule has 1 fully saturated rings. The van der Waals surface area contributed by atoms with E-state index in [4.69, 9.17) is 0 Å². The van der Waals surface area contributed by atoms with Gasteiger partial charge in [-0.25, -0.2) is 0 Å². The third-order valence-corrected chi connectivity index (χ3v) is 6.31. The fraction of sp³-hybridized carbons (Fsp3) is 0.500. The van der Waals surface area contributed by atoms with Crippen LogP contribution in [0.5, 0.6) is 0 Å². The lowest BCUT2D eigenvalue weighted by Crippen LogP contribution is -2.46. The Hall–Kier alpha value is -2.15. The number of nitrogens with zero attached hydrogens (tertiary/aromatic N) is 2. The normalized spacial score (nSPS) is 17.2. The minimum atomic E-state index is -0.258. The van der Waals surface area contributed by atoms with Gasteiger partial charge in [0, 0.05) is 24.7 Å². The largest absolute Gasteiger partial charge is 0.344 e. The van der Waals surface area contributed by atoms with Gasteiger partial charge in [-0.05, 0) is 49.3 Å². The second-order valence-electron chi connectivity index (χ2n) is 7.18. The highest BCUT2D eigenvalue weighted by Crippen LogP contribution is 2.37. The Morgan fingerprint density at radius 2 is 2.24 bits per heavy atom. The number of aromatic amines is 1. The van der Waals surface area contributed by atoms with Crippen LogP contribution in [0.25, 0.3) is 0 Å². The number of rotatable bonds is 6. The Morgan fingerprint density at radius 3 is 2.92 bits per heavy atom. The topological polar surface area (TPSA) is 78.1 Å². The lowest BCUT2D eigenvalue weighted by atomic mass is 10.2. The maximum Gasteiger partial charge on any atom is 0.261 e. The second kappa shape index (κ2) is 6.29. The predicted molar refractivity (Wildman–Crippen MR) is 95.7 cm³/mol. The summed E-state index contributed by atoms with van der Waals surface area (Å²) in [7, 11) is 1.80. The molecule has 132 valence electrons. The number of aryl methyl sites for hydroxylation is 2. The molecule has 0 radical (unpaired) electrons. The Labute approximate surface area is 150 Å². The van der Waals surface area contributed by atoms with Crippen LogP contribution in [-0.2, 0) is 24.1 Å². The van der Waals surface area contributed by atoms with Crippen molar-refractivity contribution in [3.63, 3.8) is 0 Å². The third kappa shape index (κ3) is 3.46. The van der Waals surface area contributed by atoms with Gasteiger partial charge in [0.05, 0.1) is 23.0 Å².